The second kappa shape index (κ2) is 6.69. The lowest BCUT2D eigenvalue weighted by Gasteiger charge is -2.11. The van der Waals surface area contributed by atoms with Gasteiger partial charge in [0.05, 0.1) is 10.7 Å². The van der Waals surface area contributed by atoms with Gasteiger partial charge in [0.15, 0.2) is 11.5 Å². The molecule has 23 heavy (non-hydrogen) atoms. The molecule has 116 valence electrons. The highest BCUT2D eigenvalue weighted by molar-refractivity contribution is 6.32. The molecule has 0 atom stereocenters. The number of hydrogen-bond acceptors (Lipinski definition) is 4. The molecule has 0 radical (unpaired) electrons. The molecule has 0 fully saturated rings. The van der Waals surface area contributed by atoms with E-state index in [0.717, 1.165) is 16.8 Å². The van der Waals surface area contributed by atoms with Crippen LogP contribution in [0.2, 0.25) is 5.02 Å². The first-order valence-electron chi connectivity index (χ1n) is 7.08. The highest BCUT2D eigenvalue weighted by Crippen LogP contribution is 2.36. The topological polar surface area (TPSA) is 68.4 Å². The van der Waals surface area contributed by atoms with E-state index in [1.165, 1.54) is 0 Å². The number of benzene rings is 2. The fraction of sp³-hybridized carbons (Fsp3) is 0.0556. The quantitative estimate of drug-likeness (QED) is 0.747. The Kier molecular flexibility index (Phi) is 4.46. The van der Waals surface area contributed by atoms with Gasteiger partial charge < -0.3 is 15.6 Å². The van der Waals surface area contributed by atoms with Crippen molar-refractivity contribution in [2.24, 2.45) is 5.73 Å². The summed E-state index contributed by atoms with van der Waals surface area (Å²) in [4.78, 5) is 4.25. The summed E-state index contributed by atoms with van der Waals surface area (Å²) in [6.07, 6.45) is 1.70. The highest BCUT2D eigenvalue weighted by Gasteiger charge is 2.10. The van der Waals surface area contributed by atoms with Crippen LogP contribution in [0.1, 0.15) is 5.56 Å². The Bertz CT molecular complexity index is 823. The van der Waals surface area contributed by atoms with Gasteiger partial charge in [0.1, 0.15) is 5.75 Å². The molecule has 0 unspecified atom stereocenters. The van der Waals surface area contributed by atoms with Crippen LogP contribution in [0.25, 0.3) is 11.3 Å². The summed E-state index contributed by atoms with van der Waals surface area (Å²) in [5.74, 6) is 0.809. The molecule has 3 rings (SSSR count). The molecular weight excluding hydrogens is 312 g/mol. The van der Waals surface area contributed by atoms with E-state index in [9.17, 15) is 5.11 Å². The van der Waals surface area contributed by atoms with Crippen molar-refractivity contribution in [3.8, 4) is 28.5 Å². The third-order valence-electron chi connectivity index (χ3n) is 3.37. The van der Waals surface area contributed by atoms with E-state index < -0.39 is 0 Å². The van der Waals surface area contributed by atoms with Crippen molar-refractivity contribution < 1.29 is 9.84 Å². The number of halogens is 1. The van der Waals surface area contributed by atoms with E-state index in [2.05, 4.69) is 4.98 Å². The summed E-state index contributed by atoms with van der Waals surface area (Å²) in [7, 11) is 0. The fourth-order valence-electron chi connectivity index (χ4n) is 2.17. The molecule has 0 saturated carbocycles. The second-order valence-corrected chi connectivity index (χ2v) is 5.38. The smallest absolute Gasteiger partial charge is 0.169 e. The van der Waals surface area contributed by atoms with Gasteiger partial charge in [0.2, 0.25) is 0 Å². The number of hydrogen-bond donors (Lipinski definition) is 2. The maximum Gasteiger partial charge on any atom is 0.169 e. The molecule has 0 aliphatic heterocycles. The van der Waals surface area contributed by atoms with Crippen molar-refractivity contribution in [2.75, 3.05) is 0 Å². The average Bonchev–Trinajstić information content (AvgIpc) is 2.59. The van der Waals surface area contributed by atoms with Crippen LogP contribution >= 0.6 is 11.6 Å². The average molecular weight is 327 g/mol. The summed E-state index contributed by atoms with van der Waals surface area (Å²) in [6.45, 7) is 0.407. The lowest BCUT2D eigenvalue weighted by molar-refractivity contribution is 0.411. The first-order valence-corrected chi connectivity index (χ1v) is 7.46. The van der Waals surface area contributed by atoms with Crippen molar-refractivity contribution in [2.45, 2.75) is 6.54 Å². The Morgan fingerprint density at radius 3 is 2.52 bits per heavy atom. The largest absolute Gasteiger partial charge is 0.504 e. The van der Waals surface area contributed by atoms with E-state index >= 15 is 0 Å². The van der Waals surface area contributed by atoms with Crippen molar-refractivity contribution in [1.29, 1.82) is 0 Å². The first kappa shape index (κ1) is 15.3. The molecule has 4 nitrogen and oxygen atoms in total. The fourth-order valence-corrected chi connectivity index (χ4v) is 2.41. The predicted octanol–water partition coefficient (Wildman–Crippen LogP) is 4.36. The number of pyridine rings is 1. The lowest BCUT2D eigenvalue weighted by Crippen LogP contribution is -1.96. The Labute approximate surface area is 139 Å². The molecule has 0 saturated heterocycles. The van der Waals surface area contributed by atoms with Crippen LogP contribution in [-0.2, 0) is 6.54 Å². The minimum atomic E-state index is 0.0205. The van der Waals surface area contributed by atoms with Crippen molar-refractivity contribution >= 4 is 11.6 Å². The van der Waals surface area contributed by atoms with Gasteiger partial charge in [-0.05, 0) is 48.0 Å². The number of aromatic hydroxyl groups is 1. The number of phenols is 1. The highest BCUT2D eigenvalue weighted by atomic mass is 35.5. The molecule has 2 aromatic carbocycles. The molecule has 5 heteroatoms. The Hall–Kier alpha value is -2.56. The van der Waals surface area contributed by atoms with Gasteiger partial charge in [0.25, 0.3) is 0 Å². The molecule has 0 bridgehead atoms. The Balaban J connectivity index is 1.87. The third kappa shape index (κ3) is 3.44. The summed E-state index contributed by atoms with van der Waals surface area (Å²) in [5, 5.41) is 10.6. The molecule has 0 aliphatic rings. The van der Waals surface area contributed by atoms with Gasteiger partial charge in [-0.3, -0.25) is 4.98 Å². The summed E-state index contributed by atoms with van der Waals surface area (Å²) >= 11 is 6.17. The van der Waals surface area contributed by atoms with Crippen LogP contribution in [0.5, 0.6) is 17.2 Å². The minimum Gasteiger partial charge on any atom is -0.504 e. The third-order valence-corrected chi connectivity index (χ3v) is 3.67. The van der Waals surface area contributed by atoms with E-state index in [1.807, 2.05) is 30.3 Å². The zero-order valence-electron chi connectivity index (χ0n) is 12.2. The van der Waals surface area contributed by atoms with Gasteiger partial charge in [-0.15, -0.1) is 0 Å². The number of aromatic nitrogens is 1. The number of phenolic OH excluding ortho intramolecular Hbond substituents is 1. The summed E-state index contributed by atoms with van der Waals surface area (Å²) in [6, 6.07) is 16.0. The number of nitrogens with two attached hydrogens (primary N) is 1. The summed E-state index contributed by atoms with van der Waals surface area (Å²) in [5.41, 5.74) is 8.07. The van der Waals surface area contributed by atoms with Gasteiger partial charge in [-0.1, -0.05) is 23.7 Å². The van der Waals surface area contributed by atoms with E-state index in [4.69, 9.17) is 22.1 Å². The van der Waals surface area contributed by atoms with Gasteiger partial charge in [0, 0.05) is 18.3 Å². The van der Waals surface area contributed by atoms with Crippen molar-refractivity contribution in [3.05, 3.63) is 71.4 Å². The van der Waals surface area contributed by atoms with Crippen LogP contribution in [0.15, 0.2) is 60.8 Å². The van der Waals surface area contributed by atoms with Crippen LogP contribution < -0.4 is 10.5 Å². The van der Waals surface area contributed by atoms with E-state index in [0.29, 0.717) is 23.1 Å². The van der Waals surface area contributed by atoms with Crippen molar-refractivity contribution in [1.82, 2.24) is 4.98 Å². The Morgan fingerprint density at radius 1 is 1.04 bits per heavy atom. The van der Waals surface area contributed by atoms with Gasteiger partial charge >= 0.3 is 0 Å². The zero-order valence-corrected chi connectivity index (χ0v) is 13.0. The molecule has 0 amide bonds. The summed E-state index contributed by atoms with van der Waals surface area (Å²) < 4.78 is 5.69. The van der Waals surface area contributed by atoms with E-state index in [1.54, 1.807) is 30.5 Å². The van der Waals surface area contributed by atoms with Gasteiger partial charge in [-0.2, -0.15) is 0 Å². The van der Waals surface area contributed by atoms with Gasteiger partial charge in [-0.25, -0.2) is 0 Å². The molecule has 0 spiro atoms. The lowest BCUT2D eigenvalue weighted by atomic mass is 10.1. The second-order valence-electron chi connectivity index (χ2n) is 4.97. The molecule has 1 aromatic heterocycles. The number of rotatable bonds is 4. The predicted molar refractivity (Wildman–Crippen MR) is 90.8 cm³/mol. The molecule has 0 aliphatic carbocycles. The standard InChI is InChI=1S/C18H15ClN2O2/c19-14-9-12(11-20)4-6-17(14)23-18-7-5-13(10-16(18)22)15-3-1-2-8-21-15/h1-10,22H,11,20H2. The van der Waals surface area contributed by atoms with E-state index in [-0.39, 0.29) is 5.75 Å². The van der Waals surface area contributed by atoms with Crippen LogP contribution in [0, 0.1) is 0 Å². The van der Waals surface area contributed by atoms with Crippen LogP contribution in [0.3, 0.4) is 0 Å². The van der Waals surface area contributed by atoms with Crippen LogP contribution in [-0.4, -0.2) is 10.1 Å². The first-order chi connectivity index (χ1) is 11.2. The molecule has 3 N–H and O–H groups in total. The minimum absolute atomic E-state index is 0.0205. The Morgan fingerprint density at radius 2 is 1.87 bits per heavy atom. The molecule has 1 heterocycles. The normalized spacial score (nSPS) is 10.5. The maximum absolute atomic E-state index is 10.2. The maximum atomic E-state index is 10.2. The number of ether oxygens (including phenoxy) is 1. The van der Waals surface area contributed by atoms with Crippen LogP contribution in [0.4, 0.5) is 0 Å². The SMILES string of the molecule is NCc1ccc(Oc2ccc(-c3ccccn3)cc2O)c(Cl)c1. The molecule has 3 aromatic rings. The van der Waals surface area contributed by atoms with Crippen molar-refractivity contribution in [3.63, 3.8) is 0 Å². The zero-order chi connectivity index (χ0) is 16.2. The molecular formula is C18H15ClN2O2. The number of nitrogens with zero attached hydrogens (tertiary/aromatic N) is 1. The monoisotopic (exact) mass is 326 g/mol.